The first-order valence-corrected chi connectivity index (χ1v) is 6.45. The van der Waals surface area contributed by atoms with Crippen LogP contribution >= 0.6 is 0 Å². The molecule has 7 heteroatoms. The van der Waals surface area contributed by atoms with Crippen LogP contribution in [0.3, 0.4) is 0 Å². The van der Waals surface area contributed by atoms with Crippen molar-refractivity contribution in [1.29, 1.82) is 0 Å². The maximum atomic E-state index is 13.9. The number of aromatic nitrogens is 2. The molecular formula is C14H17F3N4. The van der Waals surface area contributed by atoms with E-state index in [1.54, 1.807) is 11.7 Å². The van der Waals surface area contributed by atoms with E-state index in [2.05, 4.69) is 10.5 Å². The number of hydrogen-bond donors (Lipinski definition) is 2. The van der Waals surface area contributed by atoms with Crippen molar-refractivity contribution in [1.82, 2.24) is 15.2 Å². The van der Waals surface area contributed by atoms with Crippen LogP contribution in [0.1, 0.15) is 28.6 Å². The summed E-state index contributed by atoms with van der Waals surface area (Å²) in [5, 5.41) is 4.27. The summed E-state index contributed by atoms with van der Waals surface area (Å²) in [7, 11) is 1.80. The van der Waals surface area contributed by atoms with E-state index in [9.17, 15) is 13.2 Å². The molecule has 0 aliphatic carbocycles. The predicted molar refractivity (Wildman–Crippen MR) is 72.8 cm³/mol. The Morgan fingerprint density at radius 2 is 1.90 bits per heavy atom. The van der Waals surface area contributed by atoms with Crippen molar-refractivity contribution in [3.63, 3.8) is 0 Å². The number of hydrogen-bond acceptors (Lipinski definition) is 3. The number of nitrogens with zero attached hydrogens (tertiary/aromatic N) is 2. The maximum Gasteiger partial charge on any atom is 0.194 e. The second-order valence-electron chi connectivity index (χ2n) is 4.96. The first-order valence-electron chi connectivity index (χ1n) is 6.45. The van der Waals surface area contributed by atoms with E-state index in [0.717, 1.165) is 23.0 Å². The first kappa shape index (κ1) is 15.5. The molecule has 1 heterocycles. The summed E-state index contributed by atoms with van der Waals surface area (Å²) in [6, 6.07) is 1.40. The summed E-state index contributed by atoms with van der Waals surface area (Å²) in [4.78, 5) is 0. The SMILES string of the molecule is Cc1nn(C)c(C)c1CC(NN)c1ccc(F)c(F)c1F. The van der Waals surface area contributed by atoms with Gasteiger partial charge in [-0.25, -0.2) is 13.2 Å². The highest BCUT2D eigenvalue weighted by Gasteiger charge is 2.22. The maximum absolute atomic E-state index is 13.9. The molecule has 0 aliphatic heterocycles. The van der Waals surface area contributed by atoms with E-state index < -0.39 is 23.5 Å². The molecule has 0 spiro atoms. The molecule has 0 saturated carbocycles. The third kappa shape index (κ3) is 2.79. The average Bonchev–Trinajstić information content (AvgIpc) is 2.69. The fourth-order valence-electron chi connectivity index (χ4n) is 2.39. The van der Waals surface area contributed by atoms with Crippen LogP contribution in [0.15, 0.2) is 12.1 Å². The molecule has 21 heavy (non-hydrogen) atoms. The molecule has 114 valence electrons. The Bertz CT molecular complexity index is 667. The minimum Gasteiger partial charge on any atom is -0.272 e. The minimum atomic E-state index is -1.49. The van der Waals surface area contributed by atoms with Gasteiger partial charge in [0.05, 0.1) is 11.7 Å². The molecule has 3 N–H and O–H groups in total. The highest BCUT2D eigenvalue weighted by molar-refractivity contribution is 5.30. The molecule has 0 amide bonds. The smallest absolute Gasteiger partial charge is 0.194 e. The summed E-state index contributed by atoms with van der Waals surface area (Å²) in [6.45, 7) is 3.71. The van der Waals surface area contributed by atoms with Crippen LogP contribution in [0, 0.1) is 31.3 Å². The second kappa shape index (κ2) is 5.87. The fourth-order valence-corrected chi connectivity index (χ4v) is 2.39. The van der Waals surface area contributed by atoms with E-state index in [1.807, 2.05) is 13.8 Å². The van der Waals surface area contributed by atoms with Crippen LogP contribution in [-0.2, 0) is 13.5 Å². The fraction of sp³-hybridized carbons (Fsp3) is 0.357. The second-order valence-corrected chi connectivity index (χ2v) is 4.96. The molecule has 0 radical (unpaired) electrons. The molecule has 0 saturated heterocycles. The van der Waals surface area contributed by atoms with Crippen LogP contribution in [0.25, 0.3) is 0 Å². The molecule has 1 aromatic carbocycles. The van der Waals surface area contributed by atoms with Gasteiger partial charge in [0.15, 0.2) is 17.5 Å². The molecule has 2 aromatic rings. The van der Waals surface area contributed by atoms with Gasteiger partial charge in [0.25, 0.3) is 0 Å². The third-order valence-corrected chi connectivity index (χ3v) is 3.71. The molecule has 0 fully saturated rings. The van der Waals surface area contributed by atoms with Gasteiger partial charge in [-0.15, -0.1) is 0 Å². The Balaban J connectivity index is 2.39. The van der Waals surface area contributed by atoms with Crippen molar-refractivity contribution in [2.75, 3.05) is 0 Å². The Kier molecular flexibility index (Phi) is 4.34. The van der Waals surface area contributed by atoms with E-state index in [1.165, 1.54) is 6.07 Å². The number of aryl methyl sites for hydroxylation is 2. The van der Waals surface area contributed by atoms with E-state index in [0.29, 0.717) is 6.42 Å². The zero-order valence-electron chi connectivity index (χ0n) is 12.0. The molecule has 1 atom stereocenters. The summed E-state index contributed by atoms with van der Waals surface area (Å²) >= 11 is 0. The molecule has 1 unspecified atom stereocenters. The van der Waals surface area contributed by atoms with Gasteiger partial charge in [-0.3, -0.25) is 16.0 Å². The Morgan fingerprint density at radius 3 is 2.43 bits per heavy atom. The number of hydrazine groups is 1. The summed E-state index contributed by atoms with van der Waals surface area (Å²) in [5.74, 6) is 1.52. The Labute approximate surface area is 120 Å². The lowest BCUT2D eigenvalue weighted by molar-refractivity contribution is 0.424. The minimum absolute atomic E-state index is 0.0148. The zero-order chi connectivity index (χ0) is 15.7. The van der Waals surface area contributed by atoms with Gasteiger partial charge < -0.3 is 0 Å². The van der Waals surface area contributed by atoms with Crippen molar-refractivity contribution < 1.29 is 13.2 Å². The number of benzene rings is 1. The van der Waals surface area contributed by atoms with Crippen molar-refractivity contribution in [2.24, 2.45) is 12.9 Å². The number of rotatable bonds is 4. The van der Waals surface area contributed by atoms with Gasteiger partial charge in [-0.05, 0) is 31.9 Å². The Morgan fingerprint density at radius 1 is 1.24 bits per heavy atom. The van der Waals surface area contributed by atoms with Gasteiger partial charge >= 0.3 is 0 Å². The van der Waals surface area contributed by atoms with Gasteiger partial charge in [0.2, 0.25) is 0 Å². The van der Waals surface area contributed by atoms with Crippen LogP contribution in [0.5, 0.6) is 0 Å². The van der Waals surface area contributed by atoms with Gasteiger partial charge in [0, 0.05) is 18.3 Å². The lowest BCUT2D eigenvalue weighted by Crippen LogP contribution is -2.31. The average molecular weight is 298 g/mol. The summed E-state index contributed by atoms with van der Waals surface area (Å²) in [6.07, 6.45) is 0.323. The topological polar surface area (TPSA) is 55.9 Å². The third-order valence-electron chi connectivity index (χ3n) is 3.71. The lowest BCUT2D eigenvalue weighted by Gasteiger charge is -2.18. The molecule has 0 aliphatic rings. The van der Waals surface area contributed by atoms with E-state index >= 15 is 0 Å². The predicted octanol–water partition coefficient (Wildman–Crippen LogP) is 2.20. The number of nitrogens with one attached hydrogen (secondary N) is 1. The monoisotopic (exact) mass is 298 g/mol. The van der Waals surface area contributed by atoms with Crippen molar-refractivity contribution in [3.8, 4) is 0 Å². The Hall–Kier alpha value is -1.86. The van der Waals surface area contributed by atoms with Crippen LogP contribution in [0.4, 0.5) is 13.2 Å². The first-order chi connectivity index (χ1) is 9.86. The summed E-state index contributed by atoms with van der Waals surface area (Å²) < 4.78 is 41.9. The largest absolute Gasteiger partial charge is 0.272 e. The highest BCUT2D eigenvalue weighted by Crippen LogP contribution is 2.26. The summed E-state index contributed by atoms with van der Waals surface area (Å²) in [5.41, 5.74) is 5.03. The standard InChI is InChI=1S/C14H17F3N4/c1-7-10(8(2)21(3)20-7)6-12(19-18)9-4-5-11(15)14(17)13(9)16/h4-5,12,19H,6,18H2,1-3H3. The lowest BCUT2D eigenvalue weighted by atomic mass is 9.97. The quantitative estimate of drug-likeness (QED) is 0.517. The zero-order valence-corrected chi connectivity index (χ0v) is 12.0. The number of nitrogens with two attached hydrogens (primary N) is 1. The van der Waals surface area contributed by atoms with E-state index in [-0.39, 0.29) is 5.56 Å². The molecule has 1 aromatic heterocycles. The van der Waals surface area contributed by atoms with Crippen molar-refractivity contribution in [2.45, 2.75) is 26.3 Å². The van der Waals surface area contributed by atoms with Crippen LogP contribution in [0.2, 0.25) is 0 Å². The molecular weight excluding hydrogens is 281 g/mol. The van der Waals surface area contributed by atoms with Gasteiger partial charge in [0.1, 0.15) is 0 Å². The van der Waals surface area contributed by atoms with E-state index in [4.69, 9.17) is 5.84 Å². The van der Waals surface area contributed by atoms with Crippen LogP contribution in [-0.4, -0.2) is 9.78 Å². The molecule has 2 rings (SSSR count). The van der Waals surface area contributed by atoms with Crippen molar-refractivity contribution in [3.05, 3.63) is 52.1 Å². The van der Waals surface area contributed by atoms with Crippen LogP contribution < -0.4 is 11.3 Å². The molecule has 4 nitrogen and oxygen atoms in total. The number of halogens is 3. The van der Waals surface area contributed by atoms with Gasteiger partial charge in [-0.1, -0.05) is 6.07 Å². The normalized spacial score (nSPS) is 12.7. The van der Waals surface area contributed by atoms with Crippen molar-refractivity contribution >= 4 is 0 Å². The molecule has 0 bridgehead atoms. The highest BCUT2D eigenvalue weighted by atomic mass is 19.2. The van der Waals surface area contributed by atoms with Gasteiger partial charge in [-0.2, -0.15) is 5.10 Å².